The maximum Gasteiger partial charge on any atom is 0.317 e. The second-order valence-electron chi connectivity index (χ2n) is 6.03. The van der Waals surface area contributed by atoms with Crippen LogP contribution in [0, 0.1) is 5.92 Å². The summed E-state index contributed by atoms with van der Waals surface area (Å²) in [7, 11) is 1.56. The van der Waals surface area contributed by atoms with Crippen LogP contribution in [-0.4, -0.2) is 52.3 Å². The van der Waals surface area contributed by atoms with E-state index in [2.05, 4.69) is 15.5 Å². The Labute approximate surface area is 145 Å². The molecule has 2 unspecified atom stereocenters. The summed E-state index contributed by atoms with van der Waals surface area (Å²) in [5, 5.41) is 15.6. The number of aliphatic carboxylic acids is 1. The fraction of sp³-hybridized carbons (Fsp3) is 0.412. The minimum absolute atomic E-state index is 0.133. The first kappa shape index (κ1) is 18.4. The lowest BCUT2D eigenvalue weighted by atomic mass is 10.1. The number of carbonyl (C=O) groups is 2. The van der Waals surface area contributed by atoms with E-state index in [4.69, 9.17) is 9.63 Å². The number of nitrogens with one attached hydrogen (secondary N) is 1. The molecule has 0 saturated heterocycles. The highest BCUT2D eigenvalue weighted by molar-refractivity contribution is 5.75. The van der Waals surface area contributed by atoms with E-state index in [1.165, 1.54) is 4.90 Å². The number of nitrogens with zero attached hydrogens (tertiary/aromatic N) is 3. The molecule has 2 amide bonds. The van der Waals surface area contributed by atoms with E-state index >= 15 is 0 Å². The average Bonchev–Trinajstić information content (AvgIpc) is 3.10. The van der Waals surface area contributed by atoms with Gasteiger partial charge in [-0.3, -0.25) is 4.79 Å². The van der Waals surface area contributed by atoms with Crippen LogP contribution < -0.4 is 5.32 Å². The van der Waals surface area contributed by atoms with E-state index in [1.807, 2.05) is 37.3 Å². The number of carboxylic acid groups (broad SMARTS) is 1. The minimum Gasteiger partial charge on any atom is -0.481 e. The molecular weight excluding hydrogens is 324 g/mol. The number of urea groups is 1. The van der Waals surface area contributed by atoms with Crippen molar-refractivity contribution in [2.75, 3.05) is 20.1 Å². The number of benzene rings is 1. The molecule has 2 N–H and O–H groups in total. The summed E-state index contributed by atoms with van der Waals surface area (Å²) in [4.78, 5) is 28.6. The monoisotopic (exact) mass is 346 g/mol. The maximum atomic E-state index is 12.0. The van der Waals surface area contributed by atoms with Crippen molar-refractivity contribution >= 4 is 12.0 Å². The van der Waals surface area contributed by atoms with Crippen molar-refractivity contribution in [2.45, 2.75) is 19.8 Å². The van der Waals surface area contributed by atoms with Crippen LogP contribution in [-0.2, 0) is 4.79 Å². The highest BCUT2D eigenvalue weighted by Crippen LogP contribution is 2.19. The lowest BCUT2D eigenvalue weighted by Gasteiger charge is -2.20. The molecule has 0 saturated carbocycles. The quantitative estimate of drug-likeness (QED) is 0.795. The van der Waals surface area contributed by atoms with Gasteiger partial charge in [0, 0.05) is 25.7 Å². The van der Waals surface area contributed by atoms with Crippen molar-refractivity contribution < 1.29 is 19.2 Å². The predicted molar refractivity (Wildman–Crippen MR) is 91.0 cm³/mol. The van der Waals surface area contributed by atoms with Gasteiger partial charge in [-0.2, -0.15) is 4.98 Å². The van der Waals surface area contributed by atoms with Gasteiger partial charge < -0.3 is 19.8 Å². The molecule has 1 heterocycles. The van der Waals surface area contributed by atoms with Crippen LogP contribution in [0.1, 0.15) is 25.7 Å². The van der Waals surface area contributed by atoms with Crippen molar-refractivity contribution in [1.29, 1.82) is 0 Å². The van der Waals surface area contributed by atoms with Crippen LogP contribution in [0.3, 0.4) is 0 Å². The van der Waals surface area contributed by atoms with Gasteiger partial charge >= 0.3 is 12.0 Å². The molecule has 0 spiro atoms. The summed E-state index contributed by atoms with van der Waals surface area (Å²) >= 11 is 0. The first-order valence-corrected chi connectivity index (χ1v) is 7.99. The number of amides is 2. The predicted octanol–water partition coefficient (Wildman–Crippen LogP) is 2.20. The van der Waals surface area contributed by atoms with E-state index in [1.54, 1.807) is 14.0 Å². The number of carbonyl (C=O) groups excluding carboxylic acids is 1. The smallest absolute Gasteiger partial charge is 0.317 e. The Morgan fingerprint density at radius 3 is 2.60 bits per heavy atom. The molecule has 1 aromatic carbocycles. The molecule has 0 aliphatic rings. The number of aromatic nitrogens is 2. The zero-order valence-corrected chi connectivity index (χ0v) is 14.5. The van der Waals surface area contributed by atoms with Crippen LogP contribution in [0.25, 0.3) is 11.4 Å². The van der Waals surface area contributed by atoms with E-state index in [0.29, 0.717) is 18.3 Å². The van der Waals surface area contributed by atoms with Gasteiger partial charge in [-0.15, -0.1) is 0 Å². The third-order valence-corrected chi connectivity index (χ3v) is 3.77. The van der Waals surface area contributed by atoms with Gasteiger partial charge in [-0.25, -0.2) is 4.79 Å². The van der Waals surface area contributed by atoms with Crippen molar-refractivity contribution in [3.8, 4) is 11.4 Å². The summed E-state index contributed by atoms with van der Waals surface area (Å²) in [6, 6.07) is 9.12. The first-order chi connectivity index (χ1) is 11.9. The van der Waals surface area contributed by atoms with Crippen molar-refractivity contribution in [3.05, 3.63) is 36.2 Å². The van der Waals surface area contributed by atoms with E-state index in [9.17, 15) is 9.59 Å². The van der Waals surface area contributed by atoms with Gasteiger partial charge in [-0.1, -0.05) is 49.3 Å². The third-order valence-electron chi connectivity index (χ3n) is 3.77. The molecule has 25 heavy (non-hydrogen) atoms. The number of carboxylic acids is 1. The first-order valence-electron chi connectivity index (χ1n) is 7.99. The second-order valence-corrected chi connectivity index (χ2v) is 6.03. The van der Waals surface area contributed by atoms with E-state index < -0.39 is 11.9 Å². The molecule has 0 bridgehead atoms. The van der Waals surface area contributed by atoms with Crippen molar-refractivity contribution in [1.82, 2.24) is 20.4 Å². The van der Waals surface area contributed by atoms with Crippen LogP contribution in [0.5, 0.6) is 0 Å². The van der Waals surface area contributed by atoms with E-state index in [-0.39, 0.29) is 18.5 Å². The molecule has 2 rings (SSSR count). The Bertz CT molecular complexity index is 716. The Morgan fingerprint density at radius 1 is 1.28 bits per heavy atom. The molecule has 0 aliphatic carbocycles. The molecule has 134 valence electrons. The lowest BCUT2D eigenvalue weighted by Crippen LogP contribution is -2.41. The van der Waals surface area contributed by atoms with Crippen molar-refractivity contribution in [3.63, 3.8) is 0 Å². The Balaban J connectivity index is 1.88. The fourth-order valence-corrected chi connectivity index (χ4v) is 2.17. The zero-order chi connectivity index (χ0) is 18.4. The van der Waals surface area contributed by atoms with Gasteiger partial charge in [-0.05, 0) is 0 Å². The summed E-state index contributed by atoms with van der Waals surface area (Å²) in [5.41, 5.74) is 0.858. The normalized spacial score (nSPS) is 13.1. The van der Waals surface area contributed by atoms with E-state index in [0.717, 1.165) is 5.56 Å². The molecule has 8 heteroatoms. The van der Waals surface area contributed by atoms with Crippen molar-refractivity contribution in [2.24, 2.45) is 5.92 Å². The van der Waals surface area contributed by atoms with Crippen LogP contribution in [0.15, 0.2) is 34.9 Å². The molecular formula is C17H22N4O4. The van der Waals surface area contributed by atoms with Gasteiger partial charge in [0.1, 0.15) is 0 Å². The van der Waals surface area contributed by atoms with Gasteiger partial charge in [0.05, 0.1) is 11.8 Å². The van der Waals surface area contributed by atoms with Gasteiger partial charge in [0.15, 0.2) is 0 Å². The fourth-order valence-electron chi connectivity index (χ4n) is 2.17. The molecule has 2 atom stereocenters. The maximum absolute atomic E-state index is 12.0. The van der Waals surface area contributed by atoms with Crippen LogP contribution >= 0.6 is 0 Å². The number of hydrogen-bond donors (Lipinski definition) is 2. The highest BCUT2D eigenvalue weighted by atomic mass is 16.5. The Kier molecular flexibility index (Phi) is 6.10. The Hall–Kier alpha value is -2.90. The minimum atomic E-state index is -0.938. The average molecular weight is 346 g/mol. The zero-order valence-electron chi connectivity index (χ0n) is 14.5. The lowest BCUT2D eigenvalue weighted by molar-refractivity contribution is -0.141. The number of hydrogen-bond acceptors (Lipinski definition) is 5. The molecule has 1 aromatic heterocycles. The molecule has 0 radical (unpaired) electrons. The van der Waals surface area contributed by atoms with Crippen LogP contribution in [0.2, 0.25) is 0 Å². The third kappa shape index (κ3) is 5.03. The van der Waals surface area contributed by atoms with Crippen LogP contribution in [0.4, 0.5) is 4.79 Å². The standard InChI is InChI=1S/C17H22N4O4/c1-11(9-18-17(24)21(3)10-12(2)16(22)23)15-19-14(20-25-15)13-7-5-4-6-8-13/h4-8,11-12H,9-10H2,1-3H3,(H,18,24)(H,22,23). The molecule has 8 nitrogen and oxygen atoms in total. The molecule has 0 fully saturated rings. The molecule has 0 aliphatic heterocycles. The Morgan fingerprint density at radius 2 is 1.96 bits per heavy atom. The summed E-state index contributed by atoms with van der Waals surface area (Å²) < 4.78 is 5.27. The summed E-state index contributed by atoms with van der Waals surface area (Å²) in [6.45, 7) is 3.86. The number of rotatable bonds is 7. The topological polar surface area (TPSA) is 109 Å². The summed E-state index contributed by atoms with van der Waals surface area (Å²) in [6.07, 6.45) is 0. The summed E-state index contributed by atoms with van der Waals surface area (Å²) in [5.74, 6) is -0.800. The molecule has 2 aromatic rings. The SMILES string of the molecule is CC(CN(C)C(=O)NCC(C)c1nc(-c2ccccc2)no1)C(=O)O. The second kappa shape index (κ2) is 8.27. The van der Waals surface area contributed by atoms with Gasteiger partial charge in [0.25, 0.3) is 0 Å². The van der Waals surface area contributed by atoms with Gasteiger partial charge in [0.2, 0.25) is 11.7 Å². The highest BCUT2D eigenvalue weighted by Gasteiger charge is 2.19. The largest absolute Gasteiger partial charge is 0.481 e.